The highest BCUT2D eigenvalue weighted by atomic mass is 16.5. The van der Waals surface area contributed by atoms with Crippen molar-refractivity contribution >= 4 is 17.9 Å². The molecule has 1 heterocycles. The van der Waals surface area contributed by atoms with Gasteiger partial charge in [0.25, 0.3) is 0 Å². The van der Waals surface area contributed by atoms with Crippen LogP contribution in [0.25, 0.3) is 0 Å². The average Bonchev–Trinajstić information content (AvgIpc) is 3.72. The molecule has 0 amide bonds. The summed E-state index contributed by atoms with van der Waals surface area (Å²) >= 11 is 0. The lowest BCUT2D eigenvalue weighted by Crippen LogP contribution is -2.23. The molecule has 0 spiro atoms. The smallest absolute Gasteiger partial charge is 0.306 e. The van der Waals surface area contributed by atoms with Crippen LogP contribution in [0.4, 0.5) is 0 Å². The molecule has 1 rings (SSSR count). The van der Waals surface area contributed by atoms with E-state index in [0.29, 0.717) is 44.3 Å². The van der Waals surface area contributed by atoms with Crippen LogP contribution in [0.1, 0.15) is 248 Å². The zero-order chi connectivity index (χ0) is 44.2. The van der Waals surface area contributed by atoms with E-state index in [4.69, 9.17) is 14.2 Å². The van der Waals surface area contributed by atoms with Crippen LogP contribution in [-0.4, -0.2) is 61.8 Å². The van der Waals surface area contributed by atoms with Crippen LogP contribution in [0.3, 0.4) is 0 Å². The number of unbranched alkanes of at least 4 members (excludes halogenated alkanes) is 12. The Morgan fingerprint density at radius 3 is 1.20 bits per heavy atom. The van der Waals surface area contributed by atoms with E-state index in [2.05, 4.69) is 60.3 Å². The molecule has 1 saturated heterocycles. The number of hydrogen-bond donors (Lipinski definition) is 0. The van der Waals surface area contributed by atoms with Crippen molar-refractivity contribution in [2.24, 2.45) is 35.5 Å². The van der Waals surface area contributed by atoms with Gasteiger partial charge in [0, 0.05) is 19.3 Å². The second kappa shape index (κ2) is 37.9. The Balaban J connectivity index is 2.20. The highest BCUT2D eigenvalue weighted by Crippen LogP contribution is 2.26. The topological polar surface area (TPSA) is 82.1 Å². The van der Waals surface area contributed by atoms with Gasteiger partial charge in [-0.15, -0.1) is 0 Å². The van der Waals surface area contributed by atoms with Crippen molar-refractivity contribution in [3.63, 3.8) is 0 Å². The third-order valence-corrected chi connectivity index (χ3v) is 13.2. The van der Waals surface area contributed by atoms with E-state index in [1.807, 2.05) is 0 Å². The molecule has 7 nitrogen and oxygen atoms in total. The number of carbonyl (C=O) groups excluding carboxylic acids is 3. The second-order valence-electron chi connectivity index (χ2n) is 20.5. The largest absolute Gasteiger partial charge is 0.466 e. The molecule has 0 N–H and O–H groups in total. The van der Waals surface area contributed by atoms with Gasteiger partial charge in [0.2, 0.25) is 0 Å². The van der Waals surface area contributed by atoms with Gasteiger partial charge < -0.3 is 19.1 Å². The van der Waals surface area contributed by atoms with Crippen LogP contribution in [0.2, 0.25) is 0 Å². The summed E-state index contributed by atoms with van der Waals surface area (Å²) in [5.74, 6) is 4.26. The molecule has 0 aromatic rings. The average molecular weight is 848 g/mol. The molecule has 1 aliphatic rings. The monoisotopic (exact) mass is 848 g/mol. The van der Waals surface area contributed by atoms with E-state index < -0.39 is 0 Å². The summed E-state index contributed by atoms with van der Waals surface area (Å²) in [7, 11) is 0. The van der Waals surface area contributed by atoms with Crippen molar-refractivity contribution < 1.29 is 28.6 Å². The lowest BCUT2D eigenvalue weighted by molar-refractivity contribution is -0.150. The molecule has 0 radical (unpaired) electrons. The Bertz CT molecular complexity index is 959. The Labute approximate surface area is 372 Å². The zero-order valence-electron chi connectivity index (χ0n) is 41.2. The van der Waals surface area contributed by atoms with Gasteiger partial charge in [-0.05, 0) is 151 Å². The summed E-state index contributed by atoms with van der Waals surface area (Å²) in [5, 5.41) is 0. The fraction of sp³-hybridized carbons (Fsp3) is 0.943. The standard InChI is InChI=1S/C53H101NO6/c1-44(2)35-37-48(46(5)6)28-26-42-58-51(55)32-21-17-13-9-11-15-19-30-50(60-53(57)34-25-41-54-39-23-24-40-54)31-20-16-12-10-14-18-22-33-52(56)59-43-27-29-49(47(7)8)38-36-45(3)4/h44-50H,9-43H2,1-8H3. The van der Waals surface area contributed by atoms with E-state index in [1.54, 1.807) is 0 Å². The molecular weight excluding hydrogens is 747 g/mol. The summed E-state index contributed by atoms with van der Waals surface area (Å²) < 4.78 is 17.2. The van der Waals surface area contributed by atoms with Gasteiger partial charge >= 0.3 is 17.9 Å². The van der Waals surface area contributed by atoms with Crippen molar-refractivity contribution in [1.29, 1.82) is 0 Å². The molecule has 354 valence electrons. The predicted molar refractivity (Wildman–Crippen MR) is 253 cm³/mol. The van der Waals surface area contributed by atoms with Gasteiger partial charge in [0.15, 0.2) is 0 Å². The molecule has 0 bridgehead atoms. The minimum atomic E-state index is -0.0302. The Morgan fingerprint density at radius 1 is 0.417 bits per heavy atom. The molecule has 2 atom stereocenters. The first-order valence-electron chi connectivity index (χ1n) is 26.1. The first-order chi connectivity index (χ1) is 28.9. The number of ether oxygens (including phenoxy) is 3. The van der Waals surface area contributed by atoms with Crippen LogP contribution in [0.15, 0.2) is 0 Å². The van der Waals surface area contributed by atoms with Crippen molar-refractivity contribution in [2.75, 3.05) is 32.8 Å². The van der Waals surface area contributed by atoms with Crippen molar-refractivity contribution in [1.82, 2.24) is 4.90 Å². The van der Waals surface area contributed by atoms with Crippen LogP contribution in [-0.2, 0) is 28.6 Å². The highest BCUT2D eigenvalue weighted by Gasteiger charge is 2.18. The number of esters is 3. The highest BCUT2D eigenvalue weighted by molar-refractivity contribution is 5.70. The summed E-state index contributed by atoms with van der Waals surface area (Å²) in [5.41, 5.74) is 0. The molecule has 0 aliphatic carbocycles. The Hall–Kier alpha value is -1.63. The molecule has 2 unspecified atom stereocenters. The second-order valence-corrected chi connectivity index (χ2v) is 20.5. The Morgan fingerprint density at radius 2 is 0.800 bits per heavy atom. The van der Waals surface area contributed by atoms with E-state index in [0.717, 1.165) is 127 Å². The number of rotatable bonds is 41. The summed E-state index contributed by atoms with van der Waals surface area (Å²) in [6.45, 7) is 22.9. The third-order valence-electron chi connectivity index (χ3n) is 13.2. The quantitative estimate of drug-likeness (QED) is 0.0344. The lowest BCUT2D eigenvalue weighted by atomic mass is 9.85. The van der Waals surface area contributed by atoms with Crippen molar-refractivity contribution in [2.45, 2.75) is 254 Å². The summed E-state index contributed by atoms with van der Waals surface area (Å²) in [6.07, 6.45) is 32.1. The first kappa shape index (κ1) is 56.4. The van der Waals surface area contributed by atoms with Gasteiger partial charge in [0.1, 0.15) is 6.10 Å². The van der Waals surface area contributed by atoms with E-state index in [9.17, 15) is 14.4 Å². The first-order valence-corrected chi connectivity index (χ1v) is 26.1. The van der Waals surface area contributed by atoms with Gasteiger partial charge in [-0.3, -0.25) is 14.4 Å². The minimum absolute atomic E-state index is 0.0148. The third kappa shape index (κ3) is 33.9. The SMILES string of the molecule is CC(C)CCC(CCCOC(=O)CCCCCCCCCC(CCCCCCCCCC(=O)OCCCC(CCC(C)C)C(C)C)OC(=O)CCCN1CCCC1)C(C)C. The van der Waals surface area contributed by atoms with Crippen LogP contribution >= 0.6 is 0 Å². The fourth-order valence-corrected chi connectivity index (χ4v) is 8.93. The van der Waals surface area contributed by atoms with Crippen molar-refractivity contribution in [3.8, 4) is 0 Å². The number of nitrogens with zero attached hydrogens (tertiary/aromatic N) is 1. The molecule has 1 fully saturated rings. The summed E-state index contributed by atoms with van der Waals surface area (Å²) in [6, 6.07) is 0. The lowest BCUT2D eigenvalue weighted by Gasteiger charge is -2.21. The molecule has 0 aromatic heterocycles. The molecule has 0 aromatic carbocycles. The normalized spacial score (nSPS) is 15.0. The minimum Gasteiger partial charge on any atom is -0.466 e. The number of likely N-dealkylation sites (tertiary alicyclic amines) is 1. The Kier molecular flexibility index (Phi) is 35.6. The maximum atomic E-state index is 12.8. The predicted octanol–water partition coefficient (Wildman–Crippen LogP) is 14.9. The molecular formula is C53H101NO6. The number of hydrogen-bond acceptors (Lipinski definition) is 7. The van der Waals surface area contributed by atoms with E-state index in [1.165, 1.54) is 90.1 Å². The maximum Gasteiger partial charge on any atom is 0.306 e. The molecule has 60 heavy (non-hydrogen) atoms. The van der Waals surface area contributed by atoms with Crippen molar-refractivity contribution in [3.05, 3.63) is 0 Å². The maximum absolute atomic E-state index is 12.8. The van der Waals surface area contributed by atoms with Crippen LogP contribution in [0.5, 0.6) is 0 Å². The fourth-order valence-electron chi connectivity index (χ4n) is 8.93. The van der Waals surface area contributed by atoms with Gasteiger partial charge in [0.05, 0.1) is 13.2 Å². The zero-order valence-corrected chi connectivity index (χ0v) is 41.2. The van der Waals surface area contributed by atoms with Gasteiger partial charge in [-0.25, -0.2) is 0 Å². The van der Waals surface area contributed by atoms with E-state index in [-0.39, 0.29) is 24.0 Å². The van der Waals surface area contributed by atoms with Crippen LogP contribution < -0.4 is 0 Å². The van der Waals surface area contributed by atoms with Crippen LogP contribution in [0, 0.1) is 35.5 Å². The molecule has 7 heteroatoms. The molecule has 1 aliphatic heterocycles. The number of carbonyl (C=O) groups is 3. The molecule has 0 saturated carbocycles. The van der Waals surface area contributed by atoms with Gasteiger partial charge in [-0.1, -0.05) is 132 Å². The van der Waals surface area contributed by atoms with E-state index >= 15 is 0 Å². The summed E-state index contributed by atoms with van der Waals surface area (Å²) in [4.78, 5) is 39.8. The van der Waals surface area contributed by atoms with Gasteiger partial charge in [-0.2, -0.15) is 0 Å².